The van der Waals surface area contributed by atoms with E-state index in [4.69, 9.17) is 9.47 Å². The summed E-state index contributed by atoms with van der Waals surface area (Å²) in [6, 6.07) is 7.50. The first-order chi connectivity index (χ1) is 12.5. The molecule has 1 saturated carbocycles. The number of rotatable bonds is 0. The highest BCUT2D eigenvalue weighted by Gasteiger charge is 2.57. The van der Waals surface area contributed by atoms with Crippen LogP contribution >= 0.6 is 0 Å². The highest BCUT2D eigenvalue weighted by molar-refractivity contribution is 5.45. The Bertz CT molecular complexity index is 832. The van der Waals surface area contributed by atoms with Crippen LogP contribution in [0.1, 0.15) is 41.5 Å². The van der Waals surface area contributed by atoms with E-state index in [1.807, 2.05) is 12.1 Å². The van der Waals surface area contributed by atoms with Crippen LogP contribution < -0.4 is 9.47 Å². The summed E-state index contributed by atoms with van der Waals surface area (Å²) in [5, 5.41) is 0. The highest BCUT2D eigenvalue weighted by Crippen LogP contribution is 2.54. The Balaban J connectivity index is 1.66. The van der Waals surface area contributed by atoms with Crippen molar-refractivity contribution in [3.8, 4) is 11.5 Å². The van der Waals surface area contributed by atoms with Gasteiger partial charge in [-0.3, -0.25) is 0 Å². The molecule has 4 heteroatoms. The van der Waals surface area contributed by atoms with Gasteiger partial charge in [0.2, 0.25) is 0 Å². The molecule has 2 heterocycles. The molecule has 0 N–H and O–H groups in total. The smallest absolute Gasteiger partial charge is 0.257 e. The van der Waals surface area contributed by atoms with E-state index >= 15 is 0 Å². The minimum atomic E-state index is -0.957. The molecular weight excluding hydrogens is 334 g/mol. The van der Waals surface area contributed by atoms with Gasteiger partial charge in [0.15, 0.2) is 23.1 Å². The molecular formula is C22H22F2O2. The molecule has 2 aromatic rings. The second kappa shape index (κ2) is 5.45. The van der Waals surface area contributed by atoms with Crippen molar-refractivity contribution in [1.82, 2.24) is 0 Å². The SMILES string of the molecule is Cc1ccc2c(c1F)OC13Oc4c(ccc(C)c4F)C[C@H]1CCC[C@@H]3C2. The summed E-state index contributed by atoms with van der Waals surface area (Å²) in [4.78, 5) is 0. The number of fused-ring (bicyclic) bond motifs is 2. The van der Waals surface area contributed by atoms with Gasteiger partial charge in [-0.2, -0.15) is 0 Å². The Hall–Kier alpha value is -2.10. The van der Waals surface area contributed by atoms with Crippen LogP contribution in [-0.4, -0.2) is 5.79 Å². The summed E-state index contributed by atoms with van der Waals surface area (Å²) < 4.78 is 42.2. The molecule has 0 radical (unpaired) electrons. The Morgan fingerprint density at radius 2 is 1.27 bits per heavy atom. The lowest BCUT2D eigenvalue weighted by Gasteiger charge is -2.53. The van der Waals surface area contributed by atoms with Crippen LogP contribution in [0.25, 0.3) is 0 Å². The van der Waals surface area contributed by atoms with Crippen LogP contribution in [-0.2, 0) is 12.8 Å². The van der Waals surface area contributed by atoms with Crippen LogP contribution in [0.15, 0.2) is 24.3 Å². The average molecular weight is 356 g/mol. The molecule has 2 aliphatic heterocycles. The van der Waals surface area contributed by atoms with Crippen LogP contribution in [0.3, 0.4) is 0 Å². The van der Waals surface area contributed by atoms with E-state index in [0.29, 0.717) is 35.5 Å². The van der Waals surface area contributed by atoms with E-state index in [1.54, 1.807) is 26.0 Å². The Labute approximate surface area is 152 Å². The molecule has 1 aliphatic carbocycles. The zero-order valence-electron chi connectivity index (χ0n) is 15.1. The molecule has 2 atom stereocenters. The maximum atomic E-state index is 14.8. The molecule has 0 bridgehead atoms. The van der Waals surface area contributed by atoms with E-state index in [1.165, 1.54) is 0 Å². The summed E-state index contributed by atoms with van der Waals surface area (Å²) in [5.74, 6) is -0.777. The predicted molar refractivity (Wildman–Crippen MR) is 94.5 cm³/mol. The maximum Gasteiger partial charge on any atom is 0.257 e. The minimum Gasteiger partial charge on any atom is -0.448 e. The summed E-state index contributed by atoms with van der Waals surface area (Å²) in [5.41, 5.74) is 2.90. The van der Waals surface area contributed by atoms with Gasteiger partial charge in [-0.05, 0) is 61.8 Å². The third kappa shape index (κ3) is 2.07. The van der Waals surface area contributed by atoms with Crippen molar-refractivity contribution in [2.45, 2.75) is 51.7 Å². The second-order valence-corrected chi connectivity index (χ2v) is 8.03. The number of benzene rings is 2. The number of aryl methyl sites for hydroxylation is 2. The lowest BCUT2D eigenvalue weighted by Crippen LogP contribution is -2.61. The van der Waals surface area contributed by atoms with Crippen LogP contribution in [0.4, 0.5) is 8.78 Å². The van der Waals surface area contributed by atoms with Crippen molar-refractivity contribution >= 4 is 0 Å². The van der Waals surface area contributed by atoms with Crippen molar-refractivity contribution in [2.24, 2.45) is 11.8 Å². The number of ether oxygens (including phenoxy) is 2. The van der Waals surface area contributed by atoms with Crippen molar-refractivity contribution in [3.63, 3.8) is 0 Å². The lowest BCUT2D eigenvalue weighted by atomic mass is 9.68. The van der Waals surface area contributed by atoms with E-state index in [9.17, 15) is 8.78 Å². The van der Waals surface area contributed by atoms with E-state index in [-0.39, 0.29) is 23.5 Å². The molecule has 0 saturated heterocycles. The quantitative estimate of drug-likeness (QED) is 0.641. The first-order valence-electron chi connectivity index (χ1n) is 9.43. The Morgan fingerprint density at radius 3 is 1.73 bits per heavy atom. The second-order valence-electron chi connectivity index (χ2n) is 8.03. The fourth-order valence-corrected chi connectivity index (χ4v) is 4.97. The minimum absolute atomic E-state index is 0.115. The topological polar surface area (TPSA) is 18.5 Å². The summed E-state index contributed by atoms with van der Waals surface area (Å²) in [7, 11) is 0. The normalized spacial score (nSPS) is 28.8. The lowest BCUT2D eigenvalue weighted by molar-refractivity contribution is -0.228. The number of hydrogen-bond acceptors (Lipinski definition) is 2. The summed E-state index contributed by atoms with van der Waals surface area (Å²) >= 11 is 0. The zero-order valence-corrected chi connectivity index (χ0v) is 15.1. The van der Waals surface area contributed by atoms with Gasteiger partial charge in [-0.25, -0.2) is 8.78 Å². The highest BCUT2D eigenvalue weighted by atomic mass is 19.1. The molecule has 0 unspecified atom stereocenters. The van der Waals surface area contributed by atoms with Gasteiger partial charge in [0.25, 0.3) is 5.79 Å². The fraction of sp³-hybridized carbons (Fsp3) is 0.455. The fourth-order valence-electron chi connectivity index (χ4n) is 4.97. The molecule has 0 aromatic heterocycles. The van der Waals surface area contributed by atoms with E-state index in [0.717, 1.165) is 30.4 Å². The van der Waals surface area contributed by atoms with Crippen molar-refractivity contribution < 1.29 is 18.3 Å². The van der Waals surface area contributed by atoms with Crippen LogP contribution in [0, 0.1) is 37.3 Å². The third-order valence-corrected chi connectivity index (χ3v) is 6.44. The molecule has 26 heavy (non-hydrogen) atoms. The standard InChI is InChI=1S/C22H22F2O2/c1-12-6-8-14-10-16-4-3-5-17-11-15-9-7-13(2)19(24)21(15)26-22(16,17)25-20(14)18(12)23/h6-9,16-17H,3-5,10-11H2,1-2H3/t16-,17-,22?/m1/s1. The Morgan fingerprint density at radius 1 is 0.808 bits per heavy atom. The molecule has 2 nitrogen and oxygen atoms in total. The molecule has 5 rings (SSSR count). The van der Waals surface area contributed by atoms with Crippen molar-refractivity contribution in [2.75, 3.05) is 0 Å². The van der Waals surface area contributed by atoms with Gasteiger partial charge in [0.1, 0.15) is 0 Å². The maximum absolute atomic E-state index is 14.8. The number of halogens is 2. The van der Waals surface area contributed by atoms with Crippen LogP contribution in [0.2, 0.25) is 0 Å². The molecule has 0 amide bonds. The van der Waals surface area contributed by atoms with Crippen molar-refractivity contribution in [3.05, 3.63) is 58.2 Å². The molecule has 2 aromatic carbocycles. The zero-order chi connectivity index (χ0) is 18.1. The largest absolute Gasteiger partial charge is 0.448 e. The van der Waals surface area contributed by atoms with E-state index in [2.05, 4.69) is 0 Å². The first-order valence-corrected chi connectivity index (χ1v) is 9.43. The van der Waals surface area contributed by atoms with Gasteiger partial charge < -0.3 is 9.47 Å². The summed E-state index contributed by atoms with van der Waals surface area (Å²) in [6.45, 7) is 3.47. The molecule has 1 spiro atoms. The predicted octanol–water partition coefficient (Wildman–Crippen LogP) is 5.26. The third-order valence-electron chi connectivity index (χ3n) is 6.44. The van der Waals surface area contributed by atoms with Gasteiger partial charge >= 0.3 is 0 Å². The monoisotopic (exact) mass is 356 g/mol. The van der Waals surface area contributed by atoms with Gasteiger partial charge in [0.05, 0.1) is 0 Å². The Kier molecular flexibility index (Phi) is 3.37. The molecule has 136 valence electrons. The van der Waals surface area contributed by atoms with Gasteiger partial charge in [-0.1, -0.05) is 30.7 Å². The van der Waals surface area contributed by atoms with Crippen molar-refractivity contribution in [1.29, 1.82) is 0 Å². The molecule has 3 aliphatic rings. The van der Waals surface area contributed by atoms with E-state index < -0.39 is 5.79 Å². The van der Waals surface area contributed by atoms with Gasteiger partial charge in [-0.15, -0.1) is 0 Å². The number of hydrogen-bond donors (Lipinski definition) is 0. The van der Waals surface area contributed by atoms with Gasteiger partial charge in [0, 0.05) is 11.8 Å². The average Bonchev–Trinajstić information content (AvgIpc) is 2.64. The van der Waals surface area contributed by atoms with Crippen LogP contribution in [0.5, 0.6) is 11.5 Å². The molecule has 1 fully saturated rings. The first kappa shape index (κ1) is 16.1. The summed E-state index contributed by atoms with van der Waals surface area (Å²) in [6.07, 6.45) is 4.43.